The Balaban J connectivity index is 1.36. The maximum Gasteiger partial charge on any atom is 0.317 e. The molecule has 0 aromatic heterocycles. The lowest BCUT2D eigenvalue weighted by Gasteiger charge is -2.39. The van der Waals surface area contributed by atoms with E-state index < -0.39 is 0 Å². The number of para-hydroxylation sites is 1. The molecule has 1 aromatic rings. The highest BCUT2D eigenvalue weighted by molar-refractivity contribution is 5.75. The summed E-state index contributed by atoms with van der Waals surface area (Å²) in [5, 5.41) is 3.04. The summed E-state index contributed by atoms with van der Waals surface area (Å²) in [6.45, 7) is 5.42. The molecule has 0 bridgehead atoms. The first-order valence-corrected chi connectivity index (χ1v) is 9.15. The van der Waals surface area contributed by atoms with Gasteiger partial charge >= 0.3 is 6.03 Å². The summed E-state index contributed by atoms with van der Waals surface area (Å²) in [5.74, 6) is 0.953. The minimum Gasteiger partial charge on any atom is -0.486 e. The first kappa shape index (κ1) is 17.1. The normalized spacial score (nSPS) is 21.6. The van der Waals surface area contributed by atoms with E-state index in [4.69, 9.17) is 4.74 Å². The van der Waals surface area contributed by atoms with Crippen LogP contribution in [0.15, 0.2) is 24.3 Å². The van der Waals surface area contributed by atoms with E-state index in [1.54, 1.807) is 0 Å². The van der Waals surface area contributed by atoms with Crippen molar-refractivity contribution in [3.63, 3.8) is 0 Å². The van der Waals surface area contributed by atoms with Gasteiger partial charge in [-0.2, -0.15) is 0 Å². The van der Waals surface area contributed by atoms with Gasteiger partial charge in [-0.25, -0.2) is 4.79 Å². The highest BCUT2D eigenvalue weighted by atomic mass is 16.5. The molecule has 2 saturated heterocycles. The quantitative estimate of drug-likeness (QED) is 0.871. The molecular weight excluding hydrogens is 302 g/mol. The van der Waals surface area contributed by atoms with Crippen molar-refractivity contribution >= 4 is 6.03 Å². The molecule has 0 aliphatic carbocycles. The van der Waals surface area contributed by atoms with Crippen molar-refractivity contribution in [3.05, 3.63) is 29.8 Å². The Morgan fingerprint density at radius 2 is 2.12 bits per heavy atom. The summed E-state index contributed by atoms with van der Waals surface area (Å²) in [6.07, 6.45) is 4.65. The Bertz CT molecular complexity index is 557. The fourth-order valence-corrected chi connectivity index (χ4v) is 3.57. The average molecular weight is 331 g/mol. The van der Waals surface area contributed by atoms with Crippen molar-refractivity contribution in [2.24, 2.45) is 0 Å². The Hall–Kier alpha value is -1.75. The van der Waals surface area contributed by atoms with Gasteiger partial charge < -0.3 is 19.9 Å². The zero-order chi connectivity index (χ0) is 16.9. The van der Waals surface area contributed by atoms with Gasteiger partial charge in [-0.05, 0) is 50.9 Å². The van der Waals surface area contributed by atoms with Crippen molar-refractivity contribution in [2.45, 2.75) is 44.8 Å². The van der Waals surface area contributed by atoms with Crippen molar-refractivity contribution < 1.29 is 9.53 Å². The molecule has 2 aliphatic rings. The van der Waals surface area contributed by atoms with Crippen LogP contribution in [0.1, 0.15) is 31.7 Å². The minimum absolute atomic E-state index is 0.0410. The molecule has 3 rings (SSSR count). The summed E-state index contributed by atoms with van der Waals surface area (Å²) in [5.41, 5.74) is 1.22. The van der Waals surface area contributed by atoms with Gasteiger partial charge in [0.15, 0.2) is 0 Å². The molecule has 1 aromatic carbocycles. The second-order valence-electron chi connectivity index (χ2n) is 6.90. The number of likely N-dealkylation sites (tertiary alicyclic amines) is 2. The van der Waals surface area contributed by atoms with Gasteiger partial charge in [0.25, 0.3) is 0 Å². The van der Waals surface area contributed by atoms with Crippen molar-refractivity contribution in [2.75, 3.05) is 33.2 Å². The molecule has 0 radical (unpaired) electrons. The SMILES string of the molecule is CCc1ccccc1OC1CN(C(=O)NCC[C@H]2CCCN2C)C1. The Labute approximate surface area is 145 Å². The van der Waals surface area contributed by atoms with Gasteiger partial charge in [0.05, 0.1) is 13.1 Å². The van der Waals surface area contributed by atoms with Crippen LogP contribution in [0, 0.1) is 0 Å². The molecule has 2 aliphatic heterocycles. The minimum atomic E-state index is 0.0410. The zero-order valence-electron chi connectivity index (χ0n) is 14.8. The molecule has 1 N–H and O–H groups in total. The van der Waals surface area contributed by atoms with Crippen LogP contribution in [-0.2, 0) is 6.42 Å². The number of benzene rings is 1. The molecular formula is C19H29N3O2. The molecule has 0 spiro atoms. The fourth-order valence-electron chi connectivity index (χ4n) is 3.57. The fraction of sp³-hybridized carbons (Fsp3) is 0.632. The van der Waals surface area contributed by atoms with E-state index in [9.17, 15) is 4.79 Å². The van der Waals surface area contributed by atoms with Gasteiger partial charge in [0.1, 0.15) is 11.9 Å². The second kappa shape index (κ2) is 7.88. The number of urea groups is 1. The van der Waals surface area contributed by atoms with Crippen molar-refractivity contribution in [1.82, 2.24) is 15.1 Å². The third kappa shape index (κ3) is 4.01. The standard InChI is InChI=1S/C19H29N3O2/c1-3-15-7-4-5-9-18(15)24-17-13-22(14-17)19(23)20-11-10-16-8-6-12-21(16)2/h4-5,7,9,16-17H,3,6,8,10-14H2,1-2H3,(H,20,23)/t16-/m1/s1. The molecule has 5 nitrogen and oxygen atoms in total. The molecule has 0 saturated carbocycles. The Morgan fingerprint density at radius 1 is 1.33 bits per heavy atom. The van der Waals surface area contributed by atoms with Crippen LogP contribution in [0.3, 0.4) is 0 Å². The lowest BCUT2D eigenvalue weighted by molar-refractivity contribution is 0.0438. The lowest BCUT2D eigenvalue weighted by Crippen LogP contribution is -2.59. The monoisotopic (exact) mass is 331 g/mol. The molecule has 5 heteroatoms. The molecule has 2 amide bonds. The number of nitrogens with zero attached hydrogens (tertiary/aromatic N) is 2. The number of carbonyl (C=O) groups excluding carboxylic acids is 1. The van der Waals surface area contributed by atoms with E-state index in [2.05, 4.69) is 30.3 Å². The molecule has 24 heavy (non-hydrogen) atoms. The molecule has 2 heterocycles. The van der Waals surface area contributed by atoms with Crippen LogP contribution in [0.5, 0.6) is 5.75 Å². The average Bonchev–Trinajstić information content (AvgIpc) is 2.96. The number of aryl methyl sites for hydroxylation is 1. The summed E-state index contributed by atoms with van der Waals surface area (Å²) in [7, 11) is 2.17. The van der Waals surface area contributed by atoms with Crippen LogP contribution in [0.25, 0.3) is 0 Å². The third-order valence-electron chi connectivity index (χ3n) is 5.21. The molecule has 1 atom stereocenters. The Kier molecular flexibility index (Phi) is 5.61. The molecule has 132 valence electrons. The van der Waals surface area contributed by atoms with E-state index in [1.807, 2.05) is 23.1 Å². The first-order chi connectivity index (χ1) is 11.7. The summed E-state index contributed by atoms with van der Waals surface area (Å²) < 4.78 is 6.02. The van der Waals surface area contributed by atoms with Crippen molar-refractivity contribution in [3.8, 4) is 5.75 Å². The van der Waals surface area contributed by atoms with Gasteiger partial charge in [-0.1, -0.05) is 25.1 Å². The van der Waals surface area contributed by atoms with Crippen LogP contribution in [-0.4, -0.2) is 61.2 Å². The van der Waals surface area contributed by atoms with E-state index in [0.29, 0.717) is 19.1 Å². The summed E-state index contributed by atoms with van der Waals surface area (Å²) in [6, 6.07) is 8.81. The number of hydrogen-bond acceptors (Lipinski definition) is 3. The van der Waals surface area contributed by atoms with Crippen LogP contribution < -0.4 is 10.1 Å². The number of amides is 2. The predicted octanol–water partition coefficient (Wildman–Crippen LogP) is 2.51. The zero-order valence-corrected chi connectivity index (χ0v) is 14.8. The first-order valence-electron chi connectivity index (χ1n) is 9.15. The van der Waals surface area contributed by atoms with Gasteiger partial charge in [-0.3, -0.25) is 0 Å². The van der Waals surface area contributed by atoms with Crippen LogP contribution in [0.2, 0.25) is 0 Å². The highest BCUT2D eigenvalue weighted by Crippen LogP contribution is 2.23. The number of rotatable bonds is 6. The van der Waals surface area contributed by atoms with Crippen molar-refractivity contribution in [1.29, 1.82) is 0 Å². The number of hydrogen-bond donors (Lipinski definition) is 1. The van der Waals surface area contributed by atoms with E-state index in [0.717, 1.165) is 25.1 Å². The molecule has 0 unspecified atom stereocenters. The topological polar surface area (TPSA) is 44.8 Å². The number of carbonyl (C=O) groups is 1. The second-order valence-corrected chi connectivity index (χ2v) is 6.90. The maximum atomic E-state index is 12.1. The summed E-state index contributed by atoms with van der Waals surface area (Å²) >= 11 is 0. The van der Waals surface area contributed by atoms with Gasteiger partial charge in [-0.15, -0.1) is 0 Å². The number of nitrogens with one attached hydrogen (secondary N) is 1. The molecule has 2 fully saturated rings. The smallest absolute Gasteiger partial charge is 0.317 e. The third-order valence-corrected chi connectivity index (χ3v) is 5.21. The number of ether oxygens (including phenoxy) is 1. The largest absolute Gasteiger partial charge is 0.486 e. The van der Waals surface area contributed by atoms with Crippen LogP contribution in [0.4, 0.5) is 4.79 Å². The predicted molar refractivity (Wildman–Crippen MR) is 95.5 cm³/mol. The lowest BCUT2D eigenvalue weighted by atomic mass is 10.1. The van der Waals surface area contributed by atoms with E-state index in [-0.39, 0.29) is 12.1 Å². The van der Waals surface area contributed by atoms with Crippen LogP contribution >= 0.6 is 0 Å². The van der Waals surface area contributed by atoms with E-state index in [1.165, 1.54) is 24.9 Å². The highest BCUT2D eigenvalue weighted by Gasteiger charge is 2.32. The summed E-state index contributed by atoms with van der Waals surface area (Å²) in [4.78, 5) is 16.4. The van der Waals surface area contributed by atoms with Gasteiger partial charge in [0.2, 0.25) is 0 Å². The van der Waals surface area contributed by atoms with Gasteiger partial charge in [0, 0.05) is 12.6 Å². The Morgan fingerprint density at radius 3 is 2.83 bits per heavy atom. The van der Waals surface area contributed by atoms with E-state index >= 15 is 0 Å². The maximum absolute atomic E-state index is 12.1.